The van der Waals surface area contributed by atoms with E-state index in [-0.39, 0.29) is 19.7 Å². The monoisotopic (exact) mass is 304 g/mol. The first-order chi connectivity index (χ1) is 9.54. The predicted molar refractivity (Wildman–Crippen MR) is 74.2 cm³/mol. The van der Waals surface area contributed by atoms with Crippen molar-refractivity contribution in [1.82, 2.24) is 9.29 Å². The number of hydrogen-bond acceptors (Lipinski definition) is 4. The molecule has 0 aliphatic heterocycles. The van der Waals surface area contributed by atoms with E-state index in [1.54, 1.807) is 0 Å². The molecule has 0 saturated heterocycles. The van der Waals surface area contributed by atoms with Crippen LogP contribution in [0.3, 0.4) is 0 Å². The van der Waals surface area contributed by atoms with Crippen molar-refractivity contribution in [3.63, 3.8) is 0 Å². The normalized spacial score (nSPS) is 12.0. The van der Waals surface area contributed by atoms with Crippen molar-refractivity contribution in [2.45, 2.75) is 37.6 Å². The maximum Gasteiger partial charge on any atom is 0.263 e. The first kappa shape index (κ1) is 17.0. The minimum Gasteiger partial charge on any atom is -0.395 e. The maximum absolute atomic E-state index is 13.6. The van der Waals surface area contributed by atoms with E-state index in [1.165, 1.54) is 12.3 Å². The maximum atomic E-state index is 13.6. The molecule has 0 aliphatic carbocycles. The standard InChI is InChI=1S/C13H21FN2O3S/c1-2-3-4-5-9-16(10-11-17)20(18,19)13-12(14)7-6-8-15-13/h6-8,17H,2-5,9-11H2,1H3. The number of pyridine rings is 1. The molecule has 114 valence electrons. The van der Waals surface area contributed by atoms with Gasteiger partial charge in [-0.1, -0.05) is 26.2 Å². The topological polar surface area (TPSA) is 70.5 Å². The summed E-state index contributed by atoms with van der Waals surface area (Å²) >= 11 is 0. The second-order valence-electron chi connectivity index (χ2n) is 4.48. The summed E-state index contributed by atoms with van der Waals surface area (Å²) in [6.45, 7) is 1.97. The van der Waals surface area contributed by atoms with E-state index in [2.05, 4.69) is 11.9 Å². The van der Waals surface area contributed by atoms with Gasteiger partial charge in [0.05, 0.1) is 6.61 Å². The molecule has 0 aromatic carbocycles. The number of aliphatic hydroxyl groups excluding tert-OH is 1. The predicted octanol–water partition coefficient (Wildman–Crippen LogP) is 1.78. The molecule has 0 spiro atoms. The van der Waals surface area contributed by atoms with Crippen molar-refractivity contribution in [1.29, 1.82) is 0 Å². The van der Waals surface area contributed by atoms with Crippen LogP contribution in [-0.4, -0.2) is 42.5 Å². The van der Waals surface area contributed by atoms with Gasteiger partial charge in [-0.3, -0.25) is 0 Å². The third kappa shape index (κ3) is 4.50. The number of hydrogen-bond donors (Lipinski definition) is 1. The summed E-state index contributed by atoms with van der Waals surface area (Å²) < 4.78 is 39.3. The Morgan fingerprint density at radius 2 is 2.05 bits per heavy atom. The second kappa shape index (κ2) is 8.28. The highest BCUT2D eigenvalue weighted by Gasteiger charge is 2.27. The number of nitrogens with zero attached hydrogens (tertiary/aromatic N) is 2. The zero-order valence-electron chi connectivity index (χ0n) is 11.6. The van der Waals surface area contributed by atoms with Crippen LogP contribution in [0.5, 0.6) is 0 Å². The molecule has 0 unspecified atom stereocenters. The van der Waals surface area contributed by atoms with E-state index in [4.69, 9.17) is 5.11 Å². The van der Waals surface area contributed by atoms with Gasteiger partial charge >= 0.3 is 0 Å². The SMILES string of the molecule is CCCCCCN(CCO)S(=O)(=O)c1ncccc1F. The Hall–Kier alpha value is -1.05. The minimum absolute atomic E-state index is 0.0511. The van der Waals surface area contributed by atoms with Crippen LogP contribution in [0.1, 0.15) is 32.6 Å². The Morgan fingerprint density at radius 1 is 1.30 bits per heavy atom. The van der Waals surface area contributed by atoms with E-state index in [0.717, 1.165) is 29.6 Å². The highest BCUT2D eigenvalue weighted by atomic mass is 32.2. The number of halogens is 1. The molecule has 1 aromatic heterocycles. The van der Waals surface area contributed by atoms with Gasteiger partial charge in [0, 0.05) is 19.3 Å². The van der Waals surface area contributed by atoms with Gasteiger partial charge in [0.1, 0.15) is 0 Å². The fraction of sp³-hybridized carbons (Fsp3) is 0.615. The van der Waals surface area contributed by atoms with Crippen LogP contribution in [0.25, 0.3) is 0 Å². The van der Waals surface area contributed by atoms with E-state index < -0.39 is 20.9 Å². The van der Waals surface area contributed by atoms with Crippen molar-refractivity contribution in [2.75, 3.05) is 19.7 Å². The molecule has 0 atom stereocenters. The van der Waals surface area contributed by atoms with Gasteiger partial charge in [0.15, 0.2) is 5.82 Å². The van der Waals surface area contributed by atoms with Crippen molar-refractivity contribution in [3.8, 4) is 0 Å². The molecule has 7 heteroatoms. The first-order valence-corrected chi connectivity index (χ1v) is 8.19. The smallest absolute Gasteiger partial charge is 0.263 e. The summed E-state index contributed by atoms with van der Waals surface area (Å²) in [5.41, 5.74) is 0. The van der Waals surface area contributed by atoms with Gasteiger partial charge in [0.25, 0.3) is 10.0 Å². The summed E-state index contributed by atoms with van der Waals surface area (Å²) in [7, 11) is -3.99. The number of sulfonamides is 1. The first-order valence-electron chi connectivity index (χ1n) is 6.75. The summed E-state index contributed by atoms with van der Waals surface area (Å²) in [6.07, 6.45) is 4.89. The highest BCUT2D eigenvalue weighted by Crippen LogP contribution is 2.17. The molecule has 5 nitrogen and oxygen atoms in total. The zero-order valence-corrected chi connectivity index (χ0v) is 12.4. The quantitative estimate of drug-likeness (QED) is 0.706. The molecule has 0 amide bonds. The summed E-state index contributed by atoms with van der Waals surface area (Å²) in [5.74, 6) is -0.871. The minimum atomic E-state index is -3.99. The lowest BCUT2D eigenvalue weighted by molar-refractivity contribution is 0.251. The fourth-order valence-electron chi connectivity index (χ4n) is 1.86. The van der Waals surface area contributed by atoms with Crippen molar-refractivity contribution in [2.24, 2.45) is 0 Å². The van der Waals surface area contributed by atoms with E-state index in [0.29, 0.717) is 6.42 Å². The largest absolute Gasteiger partial charge is 0.395 e. The third-order valence-corrected chi connectivity index (χ3v) is 4.75. The lowest BCUT2D eigenvalue weighted by atomic mass is 10.2. The van der Waals surface area contributed by atoms with Gasteiger partial charge in [-0.05, 0) is 18.6 Å². The van der Waals surface area contributed by atoms with Gasteiger partial charge in [-0.15, -0.1) is 0 Å². The molecule has 0 radical (unpaired) electrons. The van der Waals surface area contributed by atoms with Crippen molar-refractivity contribution >= 4 is 10.0 Å². The zero-order chi connectivity index (χ0) is 15.0. The number of aromatic nitrogens is 1. The molecule has 0 fully saturated rings. The van der Waals surface area contributed by atoms with Gasteiger partial charge in [0.2, 0.25) is 5.03 Å². The van der Waals surface area contributed by atoms with E-state index in [9.17, 15) is 12.8 Å². The Labute approximate surface area is 119 Å². The van der Waals surface area contributed by atoms with Gasteiger partial charge in [-0.25, -0.2) is 17.8 Å². The average Bonchev–Trinajstić information content (AvgIpc) is 2.42. The van der Waals surface area contributed by atoms with Crippen LogP contribution in [0, 0.1) is 5.82 Å². The third-order valence-electron chi connectivity index (χ3n) is 2.92. The molecule has 1 heterocycles. The molecule has 20 heavy (non-hydrogen) atoms. The molecular weight excluding hydrogens is 283 g/mol. The van der Waals surface area contributed by atoms with E-state index in [1.807, 2.05) is 0 Å². The summed E-state index contributed by atoms with van der Waals surface area (Å²) in [5, 5.41) is 8.42. The number of rotatable bonds is 9. The lowest BCUT2D eigenvalue weighted by Crippen LogP contribution is -2.35. The number of aliphatic hydroxyl groups is 1. The molecular formula is C13H21FN2O3S. The van der Waals surface area contributed by atoms with Crippen LogP contribution in [-0.2, 0) is 10.0 Å². The summed E-state index contributed by atoms with van der Waals surface area (Å²) in [6, 6.07) is 2.40. The molecule has 1 N–H and O–H groups in total. The Balaban J connectivity index is 2.86. The second-order valence-corrected chi connectivity index (χ2v) is 6.33. The van der Waals surface area contributed by atoms with Crippen molar-refractivity contribution < 1.29 is 17.9 Å². The van der Waals surface area contributed by atoms with Gasteiger partial charge < -0.3 is 5.11 Å². The van der Waals surface area contributed by atoms with Crippen LogP contribution < -0.4 is 0 Å². The molecule has 0 aliphatic rings. The van der Waals surface area contributed by atoms with Crippen LogP contribution in [0.2, 0.25) is 0 Å². The summed E-state index contributed by atoms with van der Waals surface area (Å²) in [4.78, 5) is 3.61. The molecule has 0 saturated carbocycles. The number of unbranched alkanes of at least 4 members (excludes halogenated alkanes) is 3. The van der Waals surface area contributed by atoms with Crippen molar-refractivity contribution in [3.05, 3.63) is 24.1 Å². The average molecular weight is 304 g/mol. The highest BCUT2D eigenvalue weighted by molar-refractivity contribution is 7.89. The lowest BCUT2D eigenvalue weighted by Gasteiger charge is -2.20. The molecule has 1 aromatic rings. The van der Waals surface area contributed by atoms with E-state index >= 15 is 0 Å². The van der Waals surface area contributed by atoms with Crippen LogP contribution in [0.15, 0.2) is 23.4 Å². The Morgan fingerprint density at radius 3 is 2.65 bits per heavy atom. The van der Waals surface area contributed by atoms with Gasteiger partial charge in [-0.2, -0.15) is 4.31 Å². The Bertz CT molecular complexity index is 508. The molecule has 1 rings (SSSR count). The fourth-order valence-corrected chi connectivity index (χ4v) is 3.31. The Kier molecular flexibility index (Phi) is 7.04. The van der Waals surface area contributed by atoms with Crippen LogP contribution >= 0.6 is 0 Å². The molecule has 0 bridgehead atoms. The van der Waals surface area contributed by atoms with Crippen LogP contribution in [0.4, 0.5) is 4.39 Å².